The maximum atomic E-state index is 12.5. The molecule has 0 aliphatic heterocycles. The molecule has 4 nitrogen and oxygen atoms in total. The van der Waals surface area contributed by atoms with Crippen molar-refractivity contribution in [2.24, 2.45) is 7.05 Å². The van der Waals surface area contributed by atoms with Gasteiger partial charge in [-0.2, -0.15) is 0 Å². The fourth-order valence-electron chi connectivity index (χ4n) is 2.72. The zero-order valence-corrected chi connectivity index (χ0v) is 12.5. The molecule has 3 aromatic rings. The van der Waals surface area contributed by atoms with E-state index in [0.717, 1.165) is 27.9 Å². The van der Waals surface area contributed by atoms with Crippen LogP contribution in [0, 0.1) is 6.92 Å². The maximum absolute atomic E-state index is 12.5. The molecule has 0 saturated heterocycles. The minimum Gasteiger partial charge on any atom is -0.496 e. The first-order valence-corrected chi connectivity index (χ1v) is 6.89. The molecule has 21 heavy (non-hydrogen) atoms. The van der Waals surface area contributed by atoms with Crippen LogP contribution in [0.15, 0.2) is 47.3 Å². The fourth-order valence-corrected chi connectivity index (χ4v) is 2.72. The van der Waals surface area contributed by atoms with Crippen LogP contribution in [0.4, 0.5) is 0 Å². The zero-order valence-electron chi connectivity index (χ0n) is 12.5. The lowest BCUT2D eigenvalue weighted by Gasteiger charge is -2.10. The molecule has 0 amide bonds. The van der Waals surface area contributed by atoms with Crippen LogP contribution in [0.1, 0.15) is 11.1 Å². The average molecular weight is 282 g/mol. The second kappa shape index (κ2) is 5.13. The second-order valence-electron chi connectivity index (χ2n) is 5.23. The van der Waals surface area contributed by atoms with E-state index in [2.05, 4.69) is 6.07 Å². The van der Waals surface area contributed by atoms with Gasteiger partial charge < -0.3 is 4.74 Å². The summed E-state index contributed by atoms with van der Waals surface area (Å²) in [5.41, 5.74) is 4.03. The Bertz CT molecular complexity index is 859. The van der Waals surface area contributed by atoms with Crippen molar-refractivity contribution in [1.82, 2.24) is 9.13 Å². The highest BCUT2D eigenvalue weighted by Crippen LogP contribution is 2.22. The van der Waals surface area contributed by atoms with Gasteiger partial charge in [-0.05, 0) is 25.1 Å². The predicted molar refractivity (Wildman–Crippen MR) is 84.0 cm³/mol. The first-order chi connectivity index (χ1) is 10.1. The lowest BCUT2D eigenvalue weighted by atomic mass is 10.1. The van der Waals surface area contributed by atoms with Gasteiger partial charge in [0.15, 0.2) is 0 Å². The summed E-state index contributed by atoms with van der Waals surface area (Å²) in [4.78, 5) is 12.5. The van der Waals surface area contributed by atoms with E-state index in [1.165, 1.54) is 0 Å². The van der Waals surface area contributed by atoms with E-state index >= 15 is 0 Å². The Balaban J connectivity index is 2.17. The summed E-state index contributed by atoms with van der Waals surface area (Å²) in [7, 11) is 3.45. The molecule has 0 unspecified atom stereocenters. The molecule has 108 valence electrons. The number of aryl methyl sites for hydroxylation is 2. The Kier molecular flexibility index (Phi) is 3.29. The van der Waals surface area contributed by atoms with Gasteiger partial charge in [0.05, 0.1) is 24.7 Å². The highest BCUT2D eigenvalue weighted by molar-refractivity contribution is 5.76. The topological polar surface area (TPSA) is 36.2 Å². The van der Waals surface area contributed by atoms with Gasteiger partial charge in [0.25, 0.3) is 0 Å². The molecular weight excluding hydrogens is 264 g/mol. The van der Waals surface area contributed by atoms with Crippen LogP contribution in [0.5, 0.6) is 5.75 Å². The minimum atomic E-state index is -0.0141. The molecule has 0 N–H and O–H groups in total. The summed E-state index contributed by atoms with van der Waals surface area (Å²) >= 11 is 0. The Hall–Kier alpha value is -2.49. The monoisotopic (exact) mass is 282 g/mol. The highest BCUT2D eigenvalue weighted by Gasteiger charge is 2.12. The van der Waals surface area contributed by atoms with E-state index in [4.69, 9.17) is 4.74 Å². The van der Waals surface area contributed by atoms with E-state index in [-0.39, 0.29) is 5.69 Å². The largest absolute Gasteiger partial charge is 0.496 e. The van der Waals surface area contributed by atoms with Crippen LogP contribution in [0.25, 0.3) is 11.0 Å². The van der Waals surface area contributed by atoms with Crippen molar-refractivity contribution in [2.45, 2.75) is 13.5 Å². The second-order valence-corrected chi connectivity index (χ2v) is 5.23. The number of benzene rings is 2. The van der Waals surface area contributed by atoms with E-state index in [1.54, 1.807) is 23.3 Å². The number of aromatic nitrogens is 2. The van der Waals surface area contributed by atoms with Gasteiger partial charge in [0, 0.05) is 12.6 Å². The Morgan fingerprint density at radius 3 is 2.52 bits per heavy atom. The first-order valence-electron chi connectivity index (χ1n) is 6.89. The summed E-state index contributed by atoms with van der Waals surface area (Å²) in [6.07, 6.45) is 0. The van der Waals surface area contributed by atoms with Crippen molar-refractivity contribution in [1.29, 1.82) is 0 Å². The SMILES string of the molecule is COc1ccc(C)cc1Cn1c(=O)n(C)c2ccccc21. The van der Waals surface area contributed by atoms with Crippen LogP contribution in [0.2, 0.25) is 0 Å². The molecule has 0 atom stereocenters. The number of ether oxygens (including phenoxy) is 1. The van der Waals surface area contributed by atoms with Crippen LogP contribution in [-0.2, 0) is 13.6 Å². The van der Waals surface area contributed by atoms with Crippen LogP contribution < -0.4 is 10.4 Å². The minimum absolute atomic E-state index is 0.0141. The van der Waals surface area contributed by atoms with Crippen molar-refractivity contribution in [3.05, 3.63) is 64.1 Å². The fraction of sp³-hybridized carbons (Fsp3) is 0.235. The van der Waals surface area contributed by atoms with Gasteiger partial charge >= 0.3 is 5.69 Å². The van der Waals surface area contributed by atoms with Crippen molar-refractivity contribution in [3.63, 3.8) is 0 Å². The molecule has 0 fully saturated rings. The van der Waals surface area contributed by atoms with Crippen LogP contribution in [0.3, 0.4) is 0 Å². The highest BCUT2D eigenvalue weighted by atomic mass is 16.5. The quantitative estimate of drug-likeness (QED) is 0.740. The number of rotatable bonds is 3. The molecule has 0 saturated carbocycles. The third-order valence-electron chi connectivity index (χ3n) is 3.82. The number of hydrogen-bond donors (Lipinski definition) is 0. The third kappa shape index (κ3) is 2.23. The number of nitrogens with zero attached hydrogens (tertiary/aromatic N) is 2. The number of fused-ring (bicyclic) bond motifs is 1. The summed E-state index contributed by atoms with van der Waals surface area (Å²) in [5.74, 6) is 0.806. The molecule has 4 heteroatoms. The van der Waals surface area contributed by atoms with E-state index in [0.29, 0.717) is 6.54 Å². The van der Waals surface area contributed by atoms with E-state index in [9.17, 15) is 4.79 Å². The van der Waals surface area contributed by atoms with E-state index in [1.807, 2.05) is 43.3 Å². The number of hydrogen-bond acceptors (Lipinski definition) is 2. The average Bonchev–Trinajstić information content (AvgIpc) is 2.73. The van der Waals surface area contributed by atoms with Crippen molar-refractivity contribution in [2.75, 3.05) is 7.11 Å². The Morgan fingerprint density at radius 2 is 1.81 bits per heavy atom. The van der Waals surface area contributed by atoms with Gasteiger partial charge in [-0.1, -0.05) is 29.8 Å². The first kappa shape index (κ1) is 13.5. The van der Waals surface area contributed by atoms with Gasteiger partial charge in [0.2, 0.25) is 0 Å². The molecule has 0 radical (unpaired) electrons. The van der Waals surface area contributed by atoms with Crippen molar-refractivity contribution >= 4 is 11.0 Å². The molecule has 1 heterocycles. The third-order valence-corrected chi connectivity index (χ3v) is 3.82. The maximum Gasteiger partial charge on any atom is 0.329 e. The summed E-state index contributed by atoms with van der Waals surface area (Å²) in [5, 5.41) is 0. The zero-order chi connectivity index (χ0) is 15.0. The molecule has 3 rings (SSSR count). The normalized spacial score (nSPS) is 11.0. The number of imidazole rings is 1. The molecule has 0 aliphatic rings. The molecular formula is C17H18N2O2. The summed E-state index contributed by atoms with van der Waals surface area (Å²) in [6, 6.07) is 13.8. The molecule has 2 aromatic carbocycles. The van der Waals surface area contributed by atoms with Crippen molar-refractivity contribution < 1.29 is 4.74 Å². The van der Waals surface area contributed by atoms with Gasteiger partial charge in [-0.3, -0.25) is 9.13 Å². The molecule has 0 bridgehead atoms. The smallest absolute Gasteiger partial charge is 0.329 e. The molecule has 1 aromatic heterocycles. The van der Waals surface area contributed by atoms with Crippen molar-refractivity contribution in [3.8, 4) is 5.75 Å². The van der Waals surface area contributed by atoms with E-state index < -0.39 is 0 Å². The Morgan fingerprint density at radius 1 is 1.10 bits per heavy atom. The van der Waals surface area contributed by atoms with Gasteiger partial charge in [-0.15, -0.1) is 0 Å². The lowest BCUT2D eigenvalue weighted by molar-refractivity contribution is 0.408. The van der Waals surface area contributed by atoms with Crippen LogP contribution >= 0.6 is 0 Å². The van der Waals surface area contributed by atoms with Gasteiger partial charge in [0.1, 0.15) is 5.75 Å². The molecule has 0 aliphatic carbocycles. The summed E-state index contributed by atoms with van der Waals surface area (Å²) < 4.78 is 8.87. The number of para-hydroxylation sites is 2. The standard InChI is InChI=1S/C17H18N2O2/c1-12-8-9-16(21-3)13(10-12)11-19-15-7-5-4-6-14(15)18(2)17(19)20/h4-10H,11H2,1-3H3. The molecule has 0 spiro atoms. The summed E-state index contributed by atoms with van der Waals surface area (Å²) in [6.45, 7) is 2.54. The lowest BCUT2D eigenvalue weighted by Crippen LogP contribution is -2.22. The number of methoxy groups -OCH3 is 1. The van der Waals surface area contributed by atoms with Gasteiger partial charge in [-0.25, -0.2) is 4.79 Å². The van der Waals surface area contributed by atoms with Crippen LogP contribution in [-0.4, -0.2) is 16.2 Å². The predicted octanol–water partition coefficient (Wildman–Crippen LogP) is 2.71. The Labute approximate surface area is 123 Å².